The van der Waals surface area contributed by atoms with Crippen molar-refractivity contribution in [2.24, 2.45) is 0 Å². The predicted molar refractivity (Wildman–Crippen MR) is 96.9 cm³/mol. The Bertz CT molecular complexity index is 961. The first kappa shape index (κ1) is 16.4. The maximum Gasteiger partial charge on any atom is 0.216 e. The molecule has 3 rings (SSSR count). The van der Waals surface area contributed by atoms with Crippen LogP contribution in [-0.4, -0.2) is 29.0 Å². The number of aromatic nitrogens is 2. The number of nitriles is 1. The monoisotopic (exact) mass is 331 g/mol. The highest BCUT2D eigenvalue weighted by atomic mass is 16.1. The van der Waals surface area contributed by atoms with Gasteiger partial charge in [-0.25, -0.2) is 9.97 Å². The number of hydrogen-bond acceptors (Lipinski definition) is 5. The highest BCUT2D eigenvalue weighted by Gasteiger charge is 2.09. The van der Waals surface area contributed by atoms with Gasteiger partial charge in [-0.05, 0) is 24.3 Å². The largest absolute Gasteiger partial charge is 0.368 e. The Kier molecular flexibility index (Phi) is 4.86. The van der Waals surface area contributed by atoms with Gasteiger partial charge in [-0.15, -0.1) is 0 Å². The molecule has 0 bridgehead atoms. The van der Waals surface area contributed by atoms with E-state index in [9.17, 15) is 4.79 Å². The summed E-state index contributed by atoms with van der Waals surface area (Å²) in [7, 11) is 0. The van der Waals surface area contributed by atoms with Crippen LogP contribution in [0.25, 0.3) is 22.3 Å². The summed E-state index contributed by atoms with van der Waals surface area (Å²) in [6, 6.07) is 17.1. The number of rotatable bonds is 5. The number of nitrogens with one attached hydrogen (secondary N) is 2. The third-order valence-electron chi connectivity index (χ3n) is 3.64. The Morgan fingerprint density at radius 2 is 1.96 bits per heavy atom. The van der Waals surface area contributed by atoms with Crippen LogP contribution in [0.15, 0.2) is 48.5 Å². The quantitative estimate of drug-likeness (QED) is 0.702. The standard InChI is InChI=1S/C19H17N5O/c1-13(25)21-9-10-22-19-16-7-2-3-8-17(16)23-18(24-19)15-6-4-5-14(11-15)12-20/h2-8,11H,9-10H2,1H3,(H,21,25)(H,22,23,24). The number of carbonyl (C=O) groups excluding carboxylic acids is 1. The zero-order chi connectivity index (χ0) is 17.6. The molecule has 0 saturated carbocycles. The van der Waals surface area contributed by atoms with Crippen molar-refractivity contribution in [3.63, 3.8) is 0 Å². The topological polar surface area (TPSA) is 90.7 Å². The molecule has 0 unspecified atom stereocenters. The van der Waals surface area contributed by atoms with Crippen LogP contribution in [0.5, 0.6) is 0 Å². The fourth-order valence-electron chi connectivity index (χ4n) is 2.49. The summed E-state index contributed by atoms with van der Waals surface area (Å²) in [5.74, 6) is 1.19. The number of hydrogen-bond donors (Lipinski definition) is 2. The number of benzene rings is 2. The number of carbonyl (C=O) groups is 1. The van der Waals surface area contributed by atoms with Crippen LogP contribution < -0.4 is 10.6 Å². The van der Waals surface area contributed by atoms with Crippen LogP contribution in [0.4, 0.5) is 5.82 Å². The molecule has 3 aromatic rings. The van der Waals surface area contributed by atoms with Gasteiger partial charge in [0.15, 0.2) is 5.82 Å². The van der Waals surface area contributed by atoms with Gasteiger partial charge in [-0.1, -0.05) is 24.3 Å². The Labute approximate surface area is 145 Å². The Balaban J connectivity index is 1.97. The Morgan fingerprint density at radius 3 is 2.76 bits per heavy atom. The van der Waals surface area contributed by atoms with E-state index in [4.69, 9.17) is 5.26 Å². The molecule has 1 aromatic heterocycles. The lowest BCUT2D eigenvalue weighted by Crippen LogP contribution is -2.26. The highest BCUT2D eigenvalue weighted by molar-refractivity contribution is 5.90. The molecule has 0 spiro atoms. The van der Waals surface area contributed by atoms with E-state index >= 15 is 0 Å². The lowest BCUT2D eigenvalue weighted by Gasteiger charge is -2.11. The van der Waals surface area contributed by atoms with Crippen molar-refractivity contribution in [2.75, 3.05) is 18.4 Å². The van der Waals surface area contributed by atoms with Crippen LogP contribution in [0.3, 0.4) is 0 Å². The van der Waals surface area contributed by atoms with Gasteiger partial charge in [0.2, 0.25) is 5.91 Å². The van der Waals surface area contributed by atoms with E-state index in [0.29, 0.717) is 30.3 Å². The first-order valence-electron chi connectivity index (χ1n) is 7.93. The average molecular weight is 331 g/mol. The van der Waals surface area contributed by atoms with Crippen LogP contribution in [0, 0.1) is 11.3 Å². The Hall–Kier alpha value is -3.46. The minimum atomic E-state index is -0.0663. The summed E-state index contributed by atoms with van der Waals surface area (Å²) < 4.78 is 0. The lowest BCUT2D eigenvalue weighted by molar-refractivity contribution is -0.118. The molecule has 1 heterocycles. The summed E-state index contributed by atoms with van der Waals surface area (Å²) in [4.78, 5) is 20.2. The molecule has 6 nitrogen and oxygen atoms in total. The van der Waals surface area contributed by atoms with E-state index < -0.39 is 0 Å². The van der Waals surface area contributed by atoms with Gasteiger partial charge in [0.25, 0.3) is 0 Å². The summed E-state index contributed by atoms with van der Waals surface area (Å²) in [6.07, 6.45) is 0. The van der Waals surface area contributed by atoms with Gasteiger partial charge in [-0.3, -0.25) is 4.79 Å². The minimum absolute atomic E-state index is 0.0663. The lowest BCUT2D eigenvalue weighted by atomic mass is 10.1. The molecule has 0 fully saturated rings. The molecule has 0 aliphatic carbocycles. The first-order chi connectivity index (χ1) is 12.2. The molecule has 6 heteroatoms. The van der Waals surface area contributed by atoms with Gasteiger partial charge in [0, 0.05) is 31.0 Å². The molecule has 0 aliphatic rings. The Morgan fingerprint density at radius 1 is 1.12 bits per heavy atom. The molecule has 25 heavy (non-hydrogen) atoms. The second kappa shape index (κ2) is 7.41. The summed E-state index contributed by atoms with van der Waals surface area (Å²) in [5.41, 5.74) is 2.17. The van der Waals surface area contributed by atoms with Gasteiger partial charge < -0.3 is 10.6 Å². The van der Waals surface area contributed by atoms with Gasteiger partial charge >= 0.3 is 0 Å². The van der Waals surface area contributed by atoms with E-state index in [2.05, 4.69) is 26.7 Å². The van der Waals surface area contributed by atoms with Crippen molar-refractivity contribution in [2.45, 2.75) is 6.92 Å². The van der Waals surface area contributed by atoms with Crippen molar-refractivity contribution in [1.29, 1.82) is 5.26 Å². The molecule has 0 atom stereocenters. The van der Waals surface area contributed by atoms with Crippen molar-refractivity contribution in [1.82, 2.24) is 15.3 Å². The molecule has 0 radical (unpaired) electrons. The van der Waals surface area contributed by atoms with E-state index in [0.717, 1.165) is 16.5 Å². The van der Waals surface area contributed by atoms with E-state index in [1.54, 1.807) is 12.1 Å². The molecule has 2 aromatic carbocycles. The third-order valence-corrected chi connectivity index (χ3v) is 3.64. The van der Waals surface area contributed by atoms with E-state index in [1.807, 2.05) is 36.4 Å². The number of amides is 1. The van der Waals surface area contributed by atoms with Gasteiger partial charge in [0.05, 0.1) is 17.1 Å². The molecule has 124 valence electrons. The smallest absolute Gasteiger partial charge is 0.216 e. The molecule has 2 N–H and O–H groups in total. The van der Waals surface area contributed by atoms with Crippen molar-refractivity contribution in [3.8, 4) is 17.5 Å². The molecule has 0 aliphatic heterocycles. The van der Waals surface area contributed by atoms with Crippen LogP contribution in [0.1, 0.15) is 12.5 Å². The SMILES string of the molecule is CC(=O)NCCNc1nc(-c2cccc(C#N)c2)nc2ccccc12. The zero-order valence-electron chi connectivity index (χ0n) is 13.8. The van der Waals surface area contributed by atoms with E-state index in [-0.39, 0.29) is 5.91 Å². The average Bonchev–Trinajstić information content (AvgIpc) is 2.64. The second-order valence-electron chi connectivity index (χ2n) is 5.52. The van der Waals surface area contributed by atoms with Gasteiger partial charge in [0.1, 0.15) is 5.82 Å². The molecule has 1 amide bonds. The van der Waals surface area contributed by atoms with Crippen LogP contribution in [0.2, 0.25) is 0 Å². The number of fused-ring (bicyclic) bond motifs is 1. The highest BCUT2D eigenvalue weighted by Crippen LogP contribution is 2.25. The number of para-hydroxylation sites is 1. The van der Waals surface area contributed by atoms with Crippen molar-refractivity contribution in [3.05, 3.63) is 54.1 Å². The summed E-state index contributed by atoms with van der Waals surface area (Å²) in [6.45, 7) is 2.55. The van der Waals surface area contributed by atoms with Crippen molar-refractivity contribution < 1.29 is 4.79 Å². The number of nitrogens with zero attached hydrogens (tertiary/aromatic N) is 3. The van der Waals surface area contributed by atoms with Crippen molar-refractivity contribution >= 4 is 22.6 Å². The van der Waals surface area contributed by atoms with Crippen LogP contribution in [-0.2, 0) is 4.79 Å². The summed E-state index contributed by atoms with van der Waals surface area (Å²) in [5, 5.41) is 16.0. The second-order valence-corrected chi connectivity index (χ2v) is 5.52. The normalized spacial score (nSPS) is 10.2. The fourth-order valence-corrected chi connectivity index (χ4v) is 2.49. The van der Waals surface area contributed by atoms with E-state index in [1.165, 1.54) is 6.92 Å². The number of anilines is 1. The predicted octanol–water partition coefficient (Wildman–Crippen LogP) is 2.72. The maximum absolute atomic E-state index is 11.0. The first-order valence-corrected chi connectivity index (χ1v) is 7.93. The molecule has 0 saturated heterocycles. The molecular weight excluding hydrogens is 314 g/mol. The van der Waals surface area contributed by atoms with Crippen LogP contribution >= 0.6 is 0 Å². The minimum Gasteiger partial charge on any atom is -0.368 e. The zero-order valence-corrected chi connectivity index (χ0v) is 13.8. The summed E-state index contributed by atoms with van der Waals surface area (Å²) >= 11 is 0. The third kappa shape index (κ3) is 3.90. The fraction of sp³-hybridized carbons (Fsp3) is 0.158. The maximum atomic E-state index is 11.0. The molecular formula is C19H17N5O. The van der Waals surface area contributed by atoms with Gasteiger partial charge in [-0.2, -0.15) is 5.26 Å².